The number of carbonyl (C=O) groups is 1. The standard InChI is InChI=1S/C16H23ClN2O2/c1-16(2,3)21-15(20)19-9-8-11(18)10-14(19)12-6-4-5-7-13(12)17/h4-7,11,14H,8-10,18H2,1-3H3. The van der Waals surface area contributed by atoms with Crippen LogP contribution in [0.2, 0.25) is 5.02 Å². The summed E-state index contributed by atoms with van der Waals surface area (Å²) in [6, 6.07) is 7.54. The molecule has 0 spiro atoms. The second-order valence-corrected chi connectivity index (χ2v) is 6.90. The SMILES string of the molecule is CC(C)(C)OC(=O)N1CCC(N)CC1c1ccccc1Cl. The molecule has 1 aromatic rings. The zero-order chi connectivity index (χ0) is 15.6. The van der Waals surface area contributed by atoms with Crippen LogP contribution in [0.4, 0.5) is 4.79 Å². The van der Waals surface area contributed by atoms with Gasteiger partial charge in [-0.3, -0.25) is 0 Å². The number of hydrogen-bond donors (Lipinski definition) is 1. The van der Waals surface area contributed by atoms with Gasteiger partial charge < -0.3 is 15.4 Å². The molecule has 0 aromatic heterocycles. The van der Waals surface area contributed by atoms with E-state index in [2.05, 4.69) is 0 Å². The first-order chi connectivity index (χ1) is 9.78. The fraction of sp³-hybridized carbons (Fsp3) is 0.562. The van der Waals surface area contributed by atoms with Crippen LogP contribution in [-0.4, -0.2) is 29.2 Å². The van der Waals surface area contributed by atoms with Gasteiger partial charge in [-0.1, -0.05) is 29.8 Å². The number of ether oxygens (including phenoxy) is 1. The molecule has 1 fully saturated rings. The highest BCUT2D eigenvalue weighted by Crippen LogP contribution is 2.35. The summed E-state index contributed by atoms with van der Waals surface area (Å²) in [7, 11) is 0. The Morgan fingerprint density at radius 2 is 2.05 bits per heavy atom. The molecule has 1 aliphatic heterocycles. The first-order valence-electron chi connectivity index (χ1n) is 7.27. The minimum absolute atomic E-state index is 0.0740. The third-order valence-corrected chi connectivity index (χ3v) is 3.88. The lowest BCUT2D eigenvalue weighted by Crippen LogP contribution is -2.46. The molecule has 4 nitrogen and oxygen atoms in total. The monoisotopic (exact) mass is 310 g/mol. The smallest absolute Gasteiger partial charge is 0.410 e. The lowest BCUT2D eigenvalue weighted by atomic mass is 9.92. The van der Waals surface area contributed by atoms with Crippen LogP contribution in [0.5, 0.6) is 0 Å². The third-order valence-electron chi connectivity index (χ3n) is 3.54. The van der Waals surface area contributed by atoms with Gasteiger partial charge in [0, 0.05) is 17.6 Å². The second kappa shape index (κ2) is 6.24. The Morgan fingerprint density at radius 1 is 1.38 bits per heavy atom. The number of nitrogens with two attached hydrogens (primary N) is 1. The molecule has 0 bridgehead atoms. The maximum absolute atomic E-state index is 12.4. The van der Waals surface area contributed by atoms with Gasteiger partial charge in [-0.05, 0) is 45.2 Å². The van der Waals surface area contributed by atoms with Crippen LogP contribution in [0.15, 0.2) is 24.3 Å². The number of halogens is 1. The van der Waals surface area contributed by atoms with E-state index in [1.54, 1.807) is 4.90 Å². The molecule has 1 aliphatic rings. The molecule has 1 amide bonds. The predicted molar refractivity (Wildman–Crippen MR) is 84.3 cm³/mol. The molecule has 2 unspecified atom stereocenters. The summed E-state index contributed by atoms with van der Waals surface area (Å²) in [6.45, 7) is 6.19. The summed E-state index contributed by atoms with van der Waals surface area (Å²) in [4.78, 5) is 14.2. The molecule has 1 aromatic carbocycles. The van der Waals surface area contributed by atoms with Crippen molar-refractivity contribution in [3.63, 3.8) is 0 Å². The second-order valence-electron chi connectivity index (χ2n) is 6.50. The summed E-state index contributed by atoms with van der Waals surface area (Å²) < 4.78 is 5.51. The largest absolute Gasteiger partial charge is 0.444 e. The highest BCUT2D eigenvalue weighted by Gasteiger charge is 2.34. The Bertz CT molecular complexity index is 513. The van der Waals surface area contributed by atoms with E-state index < -0.39 is 5.60 Å². The zero-order valence-corrected chi connectivity index (χ0v) is 13.6. The van der Waals surface area contributed by atoms with Gasteiger partial charge in [-0.15, -0.1) is 0 Å². The van der Waals surface area contributed by atoms with Gasteiger partial charge in [0.05, 0.1) is 6.04 Å². The molecular weight excluding hydrogens is 288 g/mol. The molecule has 21 heavy (non-hydrogen) atoms. The van der Waals surface area contributed by atoms with Crippen LogP contribution >= 0.6 is 11.6 Å². The first kappa shape index (κ1) is 16.1. The molecule has 0 aliphatic carbocycles. The van der Waals surface area contributed by atoms with E-state index in [0.29, 0.717) is 18.0 Å². The van der Waals surface area contributed by atoms with E-state index in [9.17, 15) is 4.79 Å². The molecule has 1 heterocycles. The van der Waals surface area contributed by atoms with Crippen molar-refractivity contribution in [1.82, 2.24) is 4.90 Å². The van der Waals surface area contributed by atoms with Gasteiger partial charge in [0.1, 0.15) is 5.60 Å². The van der Waals surface area contributed by atoms with Crippen molar-refractivity contribution in [2.45, 2.75) is 51.3 Å². The van der Waals surface area contributed by atoms with Gasteiger partial charge in [0.2, 0.25) is 0 Å². The fourth-order valence-electron chi connectivity index (χ4n) is 2.57. The van der Waals surface area contributed by atoms with Crippen LogP contribution in [0.25, 0.3) is 0 Å². The molecule has 116 valence electrons. The Labute approximate surface area is 131 Å². The van der Waals surface area contributed by atoms with E-state index in [1.807, 2.05) is 45.0 Å². The molecule has 5 heteroatoms. The lowest BCUT2D eigenvalue weighted by molar-refractivity contribution is 0.00799. The highest BCUT2D eigenvalue weighted by molar-refractivity contribution is 6.31. The number of amides is 1. The number of carbonyl (C=O) groups excluding carboxylic acids is 1. The molecule has 2 N–H and O–H groups in total. The van der Waals surface area contributed by atoms with Crippen molar-refractivity contribution < 1.29 is 9.53 Å². The number of rotatable bonds is 1. The molecular formula is C16H23ClN2O2. The highest BCUT2D eigenvalue weighted by atomic mass is 35.5. The van der Waals surface area contributed by atoms with Crippen LogP contribution in [0.1, 0.15) is 45.2 Å². The Morgan fingerprint density at radius 3 is 2.67 bits per heavy atom. The van der Waals surface area contributed by atoms with Crippen molar-refractivity contribution >= 4 is 17.7 Å². The topological polar surface area (TPSA) is 55.6 Å². The van der Waals surface area contributed by atoms with E-state index in [-0.39, 0.29) is 18.2 Å². The van der Waals surface area contributed by atoms with E-state index >= 15 is 0 Å². The average molecular weight is 311 g/mol. The summed E-state index contributed by atoms with van der Waals surface area (Å²) in [5, 5.41) is 0.658. The predicted octanol–water partition coefficient (Wildman–Crippen LogP) is 3.74. The third kappa shape index (κ3) is 4.11. The number of nitrogens with zero attached hydrogens (tertiary/aromatic N) is 1. The van der Waals surface area contributed by atoms with Crippen LogP contribution < -0.4 is 5.73 Å². The quantitative estimate of drug-likeness (QED) is 0.859. The van der Waals surface area contributed by atoms with Gasteiger partial charge in [-0.2, -0.15) is 0 Å². The van der Waals surface area contributed by atoms with Crippen molar-refractivity contribution in [2.75, 3.05) is 6.54 Å². The van der Waals surface area contributed by atoms with Crippen LogP contribution in [0.3, 0.4) is 0 Å². The summed E-state index contributed by atoms with van der Waals surface area (Å²) >= 11 is 6.29. The lowest BCUT2D eigenvalue weighted by Gasteiger charge is -2.39. The number of piperidine rings is 1. The maximum Gasteiger partial charge on any atom is 0.410 e. The van der Waals surface area contributed by atoms with Crippen molar-refractivity contribution in [2.24, 2.45) is 5.73 Å². The molecule has 2 atom stereocenters. The Kier molecular flexibility index (Phi) is 4.79. The summed E-state index contributed by atoms with van der Waals surface area (Å²) in [6.07, 6.45) is 1.17. The van der Waals surface area contributed by atoms with Crippen molar-refractivity contribution in [3.05, 3.63) is 34.9 Å². The van der Waals surface area contributed by atoms with Crippen LogP contribution in [-0.2, 0) is 4.74 Å². The minimum atomic E-state index is -0.512. The zero-order valence-electron chi connectivity index (χ0n) is 12.8. The minimum Gasteiger partial charge on any atom is -0.444 e. The first-order valence-corrected chi connectivity index (χ1v) is 7.65. The molecule has 0 saturated carbocycles. The van der Waals surface area contributed by atoms with Gasteiger partial charge in [-0.25, -0.2) is 4.79 Å². The Balaban J connectivity index is 2.26. The van der Waals surface area contributed by atoms with Gasteiger partial charge >= 0.3 is 6.09 Å². The van der Waals surface area contributed by atoms with E-state index in [0.717, 1.165) is 12.0 Å². The van der Waals surface area contributed by atoms with E-state index in [1.165, 1.54) is 0 Å². The molecule has 2 rings (SSSR count). The van der Waals surface area contributed by atoms with Crippen molar-refractivity contribution in [1.29, 1.82) is 0 Å². The number of benzene rings is 1. The Hall–Kier alpha value is -1.26. The number of likely N-dealkylation sites (tertiary alicyclic amines) is 1. The van der Waals surface area contributed by atoms with Gasteiger partial charge in [0.25, 0.3) is 0 Å². The van der Waals surface area contributed by atoms with Crippen molar-refractivity contribution in [3.8, 4) is 0 Å². The summed E-state index contributed by atoms with van der Waals surface area (Å²) in [5.41, 5.74) is 6.50. The van der Waals surface area contributed by atoms with Gasteiger partial charge in [0.15, 0.2) is 0 Å². The fourth-order valence-corrected chi connectivity index (χ4v) is 2.83. The average Bonchev–Trinajstić information content (AvgIpc) is 2.37. The molecule has 1 saturated heterocycles. The summed E-state index contributed by atoms with van der Waals surface area (Å²) in [5.74, 6) is 0. The van der Waals surface area contributed by atoms with Crippen LogP contribution in [0, 0.1) is 0 Å². The normalized spacial score (nSPS) is 23.0. The maximum atomic E-state index is 12.4. The number of hydrogen-bond acceptors (Lipinski definition) is 3. The molecule has 0 radical (unpaired) electrons. The van der Waals surface area contributed by atoms with E-state index in [4.69, 9.17) is 22.1 Å².